The van der Waals surface area contributed by atoms with Gasteiger partial charge in [0.1, 0.15) is 0 Å². The fraction of sp³-hybridized carbons (Fsp3) is 0.353. The zero-order chi connectivity index (χ0) is 18.3. The lowest BCUT2D eigenvalue weighted by Crippen LogP contribution is -2.39. The van der Waals surface area contributed by atoms with Crippen LogP contribution in [0.1, 0.15) is 35.0 Å². The summed E-state index contributed by atoms with van der Waals surface area (Å²) in [7, 11) is -3.38. The van der Waals surface area contributed by atoms with Crippen molar-refractivity contribution < 1.29 is 17.6 Å². The third kappa shape index (κ3) is 3.01. The van der Waals surface area contributed by atoms with E-state index < -0.39 is 9.84 Å². The van der Waals surface area contributed by atoms with Crippen LogP contribution in [-0.4, -0.2) is 48.2 Å². The first kappa shape index (κ1) is 17.2. The summed E-state index contributed by atoms with van der Waals surface area (Å²) in [6.45, 7) is 1.01. The predicted octanol–water partition coefficient (Wildman–Crippen LogP) is 2.71. The van der Waals surface area contributed by atoms with E-state index in [1.54, 1.807) is 11.2 Å². The van der Waals surface area contributed by atoms with Gasteiger partial charge in [0.2, 0.25) is 0 Å². The minimum absolute atomic E-state index is 0.141. The van der Waals surface area contributed by atoms with E-state index in [0.717, 1.165) is 41.4 Å². The monoisotopic (exact) mass is 391 g/mol. The summed E-state index contributed by atoms with van der Waals surface area (Å²) in [5.41, 5.74) is 0.472. The van der Waals surface area contributed by atoms with Crippen molar-refractivity contribution in [2.24, 2.45) is 0 Å². The molecule has 0 unspecified atom stereocenters. The van der Waals surface area contributed by atoms with Gasteiger partial charge in [-0.15, -0.1) is 5.10 Å². The second-order valence-electron chi connectivity index (χ2n) is 6.46. The molecule has 4 rings (SSSR count). The van der Waals surface area contributed by atoms with Crippen LogP contribution in [0.3, 0.4) is 0 Å². The van der Waals surface area contributed by atoms with Crippen LogP contribution in [-0.2, 0) is 9.84 Å². The van der Waals surface area contributed by atoms with E-state index in [4.69, 9.17) is 4.42 Å². The summed E-state index contributed by atoms with van der Waals surface area (Å²) in [4.78, 5) is 14.7. The highest BCUT2D eigenvalue weighted by atomic mass is 32.2. The van der Waals surface area contributed by atoms with Crippen LogP contribution in [0.5, 0.6) is 0 Å². The van der Waals surface area contributed by atoms with E-state index in [1.165, 1.54) is 0 Å². The number of aromatic nitrogens is 2. The predicted molar refractivity (Wildman–Crippen MR) is 97.1 cm³/mol. The fourth-order valence-corrected chi connectivity index (χ4v) is 5.11. The Bertz CT molecular complexity index is 1070. The van der Waals surface area contributed by atoms with Crippen LogP contribution in [0.15, 0.2) is 39.2 Å². The van der Waals surface area contributed by atoms with Crippen molar-refractivity contribution in [2.45, 2.75) is 23.0 Å². The molecule has 1 aliphatic rings. The number of amides is 1. The van der Waals surface area contributed by atoms with E-state index in [9.17, 15) is 13.2 Å². The normalized spacial score (nSPS) is 18.3. The van der Waals surface area contributed by atoms with Gasteiger partial charge in [0.05, 0.1) is 12.0 Å². The first-order valence-corrected chi connectivity index (χ1v) is 10.9. The highest BCUT2D eigenvalue weighted by Gasteiger charge is 2.32. The van der Waals surface area contributed by atoms with Gasteiger partial charge in [-0.1, -0.05) is 28.8 Å². The Morgan fingerprint density at radius 2 is 2.15 bits per heavy atom. The highest BCUT2D eigenvalue weighted by Crippen LogP contribution is 2.33. The molecule has 1 aromatic carbocycles. The molecular formula is C17H17N3O4S2. The number of nitrogens with zero attached hydrogens (tertiary/aromatic N) is 3. The lowest BCUT2D eigenvalue weighted by molar-refractivity contribution is 0.0675. The van der Waals surface area contributed by atoms with E-state index in [1.807, 2.05) is 24.3 Å². The smallest absolute Gasteiger partial charge is 0.290 e. The molecule has 0 saturated carbocycles. The quantitative estimate of drug-likeness (QED) is 0.681. The second-order valence-corrected chi connectivity index (χ2v) is 9.43. The molecule has 3 aromatic rings. The van der Waals surface area contributed by atoms with Crippen molar-refractivity contribution in [3.05, 3.63) is 42.0 Å². The van der Waals surface area contributed by atoms with Crippen LogP contribution in [0.4, 0.5) is 0 Å². The molecular weight excluding hydrogens is 374 g/mol. The molecule has 1 saturated heterocycles. The Hall–Kier alpha value is -2.26. The van der Waals surface area contributed by atoms with E-state index in [0.29, 0.717) is 24.5 Å². The van der Waals surface area contributed by atoms with Crippen molar-refractivity contribution in [3.63, 3.8) is 0 Å². The van der Waals surface area contributed by atoms with Crippen molar-refractivity contribution in [1.29, 1.82) is 0 Å². The Morgan fingerprint density at radius 3 is 2.96 bits per heavy atom. The molecule has 9 heteroatoms. The van der Waals surface area contributed by atoms with Gasteiger partial charge in [-0.2, -0.15) is 0 Å². The molecule has 1 aliphatic heterocycles. The third-order valence-corrected chi connectivity index (χ3v) is 7.17. The molecule has 2 aromatic heterocycles. The number of hydrogen-bond donors (Lipinski definition) is 0. The summed E-state index contributed by atoms with van der Waals surface area (Å²) in [5, 5.41) is 5.71. The van der Waals surface area contributed by atoms with Gasteiger partial charge in [0.15, 0.2) is 19.8 Å². The van der Waals surface area contributed by atoms with Crippen molar-refractivity contribution in [1.82, 2.24) is 14.5 Å². The fourth-order valence-electron chi connectivity index (χ4n) is 3.38. The molecule has 1 atom stereocenters. The number of rotatable bonds is 3. The summed E-state index contributed by atoms with van der Waals surface area (Å²) in [6, 6.07) is 7.52. The second kappa shape index (κ2) is 6.48. The molecule has 0 radical (unpaired) electrons. The van der Waals surface area contributed by atoms with Gasteiger partial charge in [0, 0.05) is 47.6 Å². The molecule has 0 aliphatic carbocycles. The highest BCUT2D eigenvalue weighted by molar-refractivity contribution is 7.92. The van der Waals surface area contributed by atoms with Crippen LogP contribution in [0.25, 0.3) is 10.8 Å². The molecule has 26 heavy (non-hydrogen) atoms. The summed E-state index contributed by atoms with van der Waals surface area (Å²) in [6.07, 6.45) is 4.29. The Kier molecular flexibility index (Phi) is 4.28. The first-order valence-electron chi connectivity index (χ1n) is 8.23. The molecule has 1 fully saturated rings. The van der Waals surface area contributed by atoms with Crippen molar-refractivity contribution >= 4 is 38.0 Å². The summed E-state index contributed by atoms with van der Waals surface area (Å²) >= 11 is 0.888. The number of benzene rings is 1. The Labute approximate surface area is 154 Å². The lowest BCUT2D eigenvalue weighted by Gasteiger charge is -2.31. The number of carbonyl (C=O) groups is 1. The standard InChI is InChI=1S/C17H17N3O4S2/c1-26(22,23)17-14(18-19-25-17)11-6-4-8-20(9-11)16(21)15-13-7-3-2-5-12(13)10-24-15/h2-3,5,7,10-11H,4,6,8-9H2,1H3/t11-/m1/s1. The van der Waals surface area contributed by atoms with E-state index in [-0.39, 0.29) is 16.0 Å². The Balaban J connectivity index is 1.61. The molecule has 0 spiro atoms. The van der Waals surface area contributed by atoms with Crippen LogP contribution in [0, 0.1) is 0 Å². The number of fused-ring (bicyclic) bond motifs is 1. The van der Waals surface area contributed by atoms with Crippen LogP contribution < -0.4 is 0 Å². The number of likely N-dealkylation sites (tertiary alicyclic amines) is 1. The van der Waals surface area contributed by atoms with E-state index >= 15 is 0 Å². The SMILES string of the molecule is CS(=O)(=O)c1snnc1[C@@H]1CCCN(C(=O)c2occ3ccccc23)C1. The third-order valence-electron chi connectivity index (χ3n) is 4.62. The van der Waals surface area contributed by atoms with Gasteiger partial charge < -0.3 is 9.32 Å². The topological polar surface area (TPSA) is 93.4 Å². The number of hydrogen-bond acceptors (Lipinski definition) is 7. The first-order chi connectivity index (χ1) is 12.4. The van der Waals surface area contributed by atoms with Gasteiger partial charge in [-0.25, -0.2) is 8.42 Å². The molecule has 3 heterocycles. The number of piperidine rings is 1. The average Bonchev–Trinajstić information content (AvgIpc) is 3.28. The molecule has 0 N–H and O–H groups in total. The summed E-state index contributed by atoms with van der Waals surface area (Å²) < 4.78 is 33.4. The Morgan fingerprint density at radius 1 is 1.35 bits per heavy atom. The van der Waals surface area contributed by atoms with Crippen molar-refractivity contribution in [3.8, 4) is 0 Å². The van der Waals surface area contributed by atoms with Crippen LogP contribution in [0.2, 0.25) is 0 Å². The molecule has 136 valence electrons. The number of carbonyl (C=O) groups excluding carboxylic acids is 1. The largest absolute Gasteiger partial charge is 0.458 e. The zero-order valence-corrected chi connectivity index (χ0v) is 15.7. The van der Waals surface area contributed by atoms with Crippen molar-refractivity contribution in [2.75, 3.05) is 19.3 Å². The van der Waals surface area contributed by atoms with Crippen LogP contribution >= 0.6 is 11.5 Å². The summed E-state index contributed by atoms with van der Waals surface area (Å²) in [5.74, 6) is -0.00150. The van der Waals surface area contributed by atoms with Gasteiger partial charge >= 0.3 is 0 Å². The number of sulfone groups is 1. The molecule has 0 bridgehead atoms. The van der Waals surface area contributed by atoms with Gasteiger partial charge in [0.25, 0.3) is 5.91 Å². The maximum Gasteiger partial charge on any atom is 0.290 e. The maximum absolute atomic E-state index is 13.0. The van der Waals surface area contributed by atoms with Gasteiger partial charge in [-0.05, 0) is 12.8 Å². The average molecular weight is 391 g/mol. The molecule has 7 nitrogen and oxygen atoms in total. The zero-order valence-electron chi connectivity index (χ0n) is 14.1. The minimum atomic E-state index is -3.38. The van der Waals surface area contributed by atoms with E-state index in [2.05, 4.69) is 9.59 Å². The maximum atomic E-state index is 13.0. The minimum Gasteiger partial charge on any atom is -0.458 e. The lowest BCUT2D eigenvalue weighted by atomic mass is 9.95. The van der Waals surface area contributed by atoms with Gasteiger partial charge in [-0.3, -0.25) is 4.79 Å². The number of furan rings is 1. The molecule has 1 amide bonds.